The van der Waals surface area contributed by atoms with E-state index in [0.29, 0.717) is 17.3 Å². The Balaban J connectivity index is 1.69. The number of anilines is 2. The van der Waals surface area contributed by atoms with Gasteiger partial charge in [0.25, 0.3) is 0 Å². The van der Waals surface area contributed by atoms with Crippen LogP contribution in [0, 0.1) is 0 Å². The lowest BCUT2D eigenvalue weighted by molar-refractivity contribution is 0.0697. The van der Waals surface area contributed by atoms with E-state index in [4.69, 9.17) is 5.11 Å². The quantitative estimate of drug-likeness (QED) is 0.523. The first-order valence-electron chi connectivity index (χ1n) is 7.86. The topological polar surface area (TPSA) is 99.8 Å². The lowest BCUT2D eigenvalue weighted by Gasteiger charge is -2.04. The van der Waals surface area contributed by atoms with E-state index in [1.807, 2.05) is 24.3 Å². The van der Waals surface area contributed by atoms with Gasteiger partial charge in [-0.15, -0.1) is 5.10 Å². The predicted molar refractivity (Wildman–Crippen MR) is 96.8 cm³/mol. The smallest absolute Gasteiger partial charge is 0.335 e. The molecular weight excluding hydrogens is 332 g/mol. The highest BCUT2D eigenvalue weighted by Gasteiger charge is 2.10. The Morgan fingerprint density at radius 3 is 2.50 bits per heavy atom. The van der Waals surface area contributed by atoms with E-state index in [2.05, 4.69) is 15.4 Å². The molecular formula is C19H14N4O3. The minimum absolute atomic E-state index is 0.177. The molecule has 0 aliphatic rings. The van der Waals surface area contributed by atoms with Crippen molar-refractivity contribution >= 4 is 23.3 Å². The Morgan fingerprint density at radius 2 is 1.77 bits per heavy atom. The number of hydrogen-bond donors (Lipinski definition) is 3. The molecule has 0 amide bonds. The van der Waals surface area contributed by atoms with Crippen LogP contribution in [0.2, 0.25) is 0 Å². The van der Waals surface area contributed by atoms with Crippen LogP contribution in [-0.4, -0.2) is 30.8 Å². The van der Waals surface area contributed by atoms with Crippen LogP contribution in [-0.2, 0) is 0 Å². The molecule has 4 aromatic rings. The maximum atomic E-state index is 10.9. The zero-order chi connectivity index (χ0) is 18.1. The SMILES string of the molecule is O=C(O)c1ccc(Nc2nc3cccc(-c4cccc(O)c4)n3n2)cc1. The third-order valence-corrected chi connectivity index (χ3v) is 3.89. The van der Waals surface area contributed by atoms with Crippen molar-refractivity contribution in [3.05, 3.63) is 72.3 Å². The van der Waals surface area contributed by atoms with Gasteiger partial charge in [-0.25, -0.2) is 9.31 Å². The molecule has 0 atom stereocenters. The molecule has 0 unspecified atom stereocenters. The van der Waals surface area contributed by atoms with E-state index >= 15 is 0 Å². The number of carbonyl (C=O) groups is 1. The lowest BCUT2D eigenvalue weighted by Crippen LogP contribution is -1.98. The van der Waals surface area contributed by atoms with E-state index in [1.54, 1.807) is 34.8 Å². The Bertz CT molecular complexity index is 1100. The standard InChI is InChI=1S/C19H14N4O3/c24-15-4-1-3-13(11-15)16-5-2-6-17-21-19(22-23(16)17)20-14-9-7-12(8-10-14)18(25)26/h1-11,24H,(H,20,22)(H,25,26). The van der Waals surface area contributed by atoms with Crippen molar-refractivity contribution in [2.24, 2.45) is 0 Å². The summed E-state index contributed by atoms with van der Waals surface area (Å²) < 4.78 is 1.68. The highest BCUT2D eigenvalue weighted by Crippen LogP contribution is 2.24. The highest BCUT2D eigenvalue weighted by molar-refractivity contribution is 5.88. The van der Waals surface area contributed by atoms with E-state index in [9.17, 15) is 9.90 Å². The van der Waals surface area contributed by atoms with Crippen molar-refractivity contribution in [1.29, 1.82) is 0 Å². The fourth-order valence-corrected chi connectivity index (χ4v) is 2.67. The number of fused-ring (bicyclic) bond motifs is 1. The number of hydrogen-bond acceptors (Lipinski definition) is 5. The number of phenols is 1. The number of aromatic nitrogens is 3. The molecule has 7 heteroatoms. The van der Waals surface area contributed by atoms with Gasteiger partial charge in [0.05, 0.1) is 11.3 Å². The van der Waals surface area contributed by atoms with Crippen LogP contribution in [0.15, 0.2) is 66.7 Å². The minimum atomic E-state index is -0.974. The van der Waals surface area contributed by atoms with Crippen molar-refractivity contribution in [3.63, 3.8) is 0 Å². The molecule has 2 aromatic heterocycles. The summed E-state index contributed by atoms with van der Waals surface area (Å²) in [5.74, 6) is -0.407. The van der Waals surface area contributed by atoms with E-state index in [-0.39, 0.29) is 11.3 Å². The Kier molecular flexibility index (Phi) is 3.74. The molecule has 0 saturated heterocycles. The largest absolute Gasteiger partial charge is 0.508 e. The summed E-state index contributed by atoms with van der Waals surface area (Å²) in [6, 6.07) is 18.9. The van der Waals surface area contributed by atoms with Gasteiger partial charge in [-0.3, -0.25) is 0 Å². The summed E-state index contributed by atoms with van der Waals surface area (Å²) in [7, 11) is 0. The summed E-state index contributed by atoms with van der Waals surface area (Å²) in [6.45, 7) is 0. The van der Waals surface area contributed by atoms with E-state index in [0.717, 1.165) is 11.3 Å². The number of phenolic OH excluding ortho intramolecular Hbond substituents is 1. The molecule has 4 rings (SSSR count). The van der Waals surface area contributed by atoms with E-state index in [1.165, 1.54) is 12.1 Å². The third kappa shape index (κ3) is 2.93. The Hall–Kier alpha value is -3.87. The predicted octanol–water partition coefficient (Wildman–Crippen LogP) is 3.54. The maximum Gasteiger partial charge on any atom is 0.335 e. The average molecular weight is 346 g/mol. The van der Waals surface area contributed by atoms with Crippen LogP contribution in [0.5, 0.6) is 5.75 Å². The first kappa shape index (κ1) is 15.6. The van der Waals surface area contributed by atoms with Gasteiger partial charge < -0.3 is 15.5 Å². The van der Waals surface area contributed by atoms with Crippen molar-refractivity contribution in [2.75, 3.05) is 5.32 Å². The van der Waals surface area contributed by atoms with Crippen molar-refractivity contribution < 1.29 is 15.0 Å². The van der Waals surface area contributed by atoms with Crippen LogP contribution >= 0.6 is 0 Å². The van der Waals surface area contributed by atoms with Crippen LogP contribution in [0.1, 0.15) is 10.4 Å². The van der Waals surface area contributed by atoms with Crippen LogP contribution in [0.4, 0.5) is 11.6 Å². The monoisotopic (exact) mass is 346 g/mol. The van der Waals surface area contributed by atoms with Crippen LogP contribution in [0.3, 0.4) is 0 Å². The number of carboxylic acid groups (broad SMARTS) is 1. The first-order valence-corrected chi connectivity index (χ1v) is 7.86. The third-order valence-electron chi connectivity index (χ3n) is 3.89. The van der Waals surface area contributed by atoms with Gasteiger partial charge in [0.2, 0.25) is 5.95 Å². The molecule has 0 aliphatic carbocycles. The second-order valence-corrected chi connectivity index (χ2v) is 5.67. The molecule has 2 aromatic carbocycles. The van der Waals surface area contributed by atoms with Crippen molar-refractivity contribution in [1.82, 2.24) is 14.6 Å². The summed E-state index contributed by atoms with van der Waals surface area (Å²) in [5.41, 5.74) is 3.16. The summed E-state index contributed by atoms with van der Waals surface area (Å²) in [4.78, 5) is 15.4. The highest BCUT2D eigenvalue weighted by atomic mass is 16.4. The first-order chi connectivity index (χ1) is 12.6. The molecule has 0 aliphatic heterocycles. The van der Waals surface area contributed by atoms with Gasteiger partial charge in [0, 0.05) is 11.3 Å². The van der Waals surface area contributed by atoms with Crippen molar-refractivity contribution in [2.45, 2.75) is 0 Å². The summed E-state index contributed by atoms with van der Waals surface area (Å²) >= 11 is 0. The minimum Gasteiger partial charge on any atom is -0.508 e. The molecule has 26 heavy (non-hydrogen) atoms. The number of aromatic carboxylic acids is 1. The lowest BCUT2D eigenvalue weighted by atomic mass is 10.1. The molecule has 0 spiro atoms. The number of aromatic hydroxyl groups is 1. The molecule has 3 N–H and O–H groups in total. The number of nitrogens with zero attached hydrogens (tertiary/aromatic N) is 3. The normalized spacial score (nSPS) is 10.8. The molecule has 0 fully saturated rings. The summed E-state index contributed by atoms with van der Waals surface area (Å²) in [6.07, 6.45) is 0. The number of benzene rings is 2. The van der Waals surface area contributed by atoms with Gasteiger partial charge in [0.15, 0.2) is 5.65 Å². The van der Waals surface area contributed by atoms with Gasteiger partial charge in [0.1, 0.15) is 5.75 Å². The van der Waals surface area contributed by atoms with Crippen molar-refractivity contribution in [3.8, 4) is 17.0 Å². The fourth-order valence-electron chi connectivity index (χ4n) is 2.67. The molecule has 128 valence electrons. The Labute approximate surface area is 148 Å². The summed E-state index contributed by atoms with van der Waals surface area (Å²) in [5, 5.41) is 26.2. The maximum absolute atomic E-state index is 10.9. The van der Waals surface area contributed by atoms with E-state index < -0.39 is 5.97 Å². The van der Waals surface area contributed by atoms with Gasteiger partial charge >= 0.3 is 5.97 Å². The second-order valence-electron chi connectivity index (χ2n) is 5.67. The molecule has 2 heterocycles. The van der Waals surface area contributed by atoms with Gasteiger partial charge in [-0.05, 0) is 48.5 Å². The molecule has 0 radical (unpaired) electrons. The van der Waals surface area contributed by atoms with Crippen LogP contribution in [0.25, 0.3) is 16.9 Å². The average Bonchev–Trinajstić information content (AvgIpc) is 3.04. The zero-order valence-electron chi connectivity index (χ0n) is 13.5. The number of carboxylic acids is 1. The number of rotatable bonds is 4. The molecule has 7 nitrogen and oxygen atoms in total. The number of nitrogens with one attached hydrogen (secondary N) is 1. The van der Waals surface area contributed by atoms with Gasteiger partial charge in [-0.2, -0.15) is 4.98 Å². The Morgan fingerprint density at radius 1 is 1.00 bits per heavy atom. The molecule has 0 saturated carbocycles. The van der Waals surface area contributed by atoms with Crippen LogP contribution < -0.4 is 5.32 Å². The second kappa shape index (κ2) is 6.21. The number of pyridine rings is 1. The fraction of sp³-hybridized carbons (Fsp3) is 0. The van der Waals surface area contributed by atoms with Gasteiger partial charge in [-0.1, -0.05) is 18.2 Å². The molecule has 0 bridgehead atoms. The zero-order valence-corrected chi connectivity index (χ0v) is 13.5.